The highest BCUT2D eigenvalue weighted by molar-refractivity contribution is 5.66. The van der Waals surface area contributed by atoms with Gasteiger partial charge in [0.05, 0.1) is 6.10 Å². The van der Waals surface area contributed by atoms with E-state index in [0.29, 0.717) is 0 Å². The average Bonchev–Trinajstić information content (AvgIpc) is 2.27. The highest BCUT2D eigenvalue weighted by Gasteiger charge is 2.29. The Hall–Kier alpha value is -1.36. The van der Waals surface area contributed by atoms with Crippen molar-refractivity contribution >= 4 is 11.9 Å². The highest BCUT2D eigenvalue weighted by atomic mass is 16.6. The molecule has 0 spiro atoms. The summed E-state index contributed by atoms with van der Waals surface area (Å²) in [6.07, 6.45) is 3.51. The Kier molecular flexibility index (Phi) is 5.15. The molecule has 17 heavy (non-hydrogen) atoms. The van der Waals surface area contributed by atoms with E-state index in [9.17, 15) is 9.59 Å². The molecule has 0 aromatic heterocycles. The molecule has 0 N–H and O–H groups in total. The normalized spacial score (nSPS) is 27.6. The summed E-state index contributed by atoms with van der Waals surface area (Å²) in [6, 6.07) is 0. The fraction of sp³-hybridized carbons (Fsp3) is 0.667. The van der Waals surface area contributed by atoms with Gasteiger partial charge < -0.3 is 14.2 Å². The fourth-order valence-electron chi connectivity index (χ4n) is 1.58. The lowest BCUT2D eigenvalue weighted by Crippen LogP contribution is -2.41. The molecule has 1 rings (SSSR count). The molecule has 5 nitrogen and oxygen atoms in total. The molecule has 1 heterocycles. The molecule has 0 aliphatic carbocycles. The van der Waals surface area contributed by atoms with Crippen LogP contribution in [0.2, 0.25) is 0 Å². The van der Waals surface area contributed by atoms with E-state index in [1.165, 1.54) is 13.8 Å². The van der Waals surface area contributed by atoms with Crippen molar-refractivity contribution in [2.45, 2.75) is 45.5 Å². The monoisotopic (exact) mass is 242 g/mol. The SMILES string of the molecule is CCC1C=C[C@@H](OC(C)=O)[C@@H](COC(C)=O)O1. The summed E-state index contributed by atoms with van der Waals surface area (Å²) in [6.45, 7) is 4.75. The Bertz CT molecular complexity index is 310. The number of esters is 2. The first kappa shape index (κ1) is 13.7. The maximum atomic E-state index is 10.9. The van der Waals surface area contributed by atoms with Crippen LogP contribution in [-0.2, 0) is 23.8 Å². The largest absolute Gasteiger partial charge is 0.463 e. The first-order valence-corrected chi connectivity index (χ1v) is 5.67. The number of ether oxygens (including phenoxy) is 3. The van der Waals surface area contributed by atoms with Crippen LogP contribution in [0.5, 0.6) is 0 Å². The molecule has 0 fully saturated rings. The van der Waals surface area contributed by atoms with Crippen molar-refractivity contribution in [3.63, 3.8) is 0 Å². The second kappa shape index (κ2) is 6.39. The smallest absolute Gasteiger partial charge is 0.303 e. The van der Waals surface area contributed by atoms with Crippen LogP contribution >= 0.6 is 0 Å². The van der Waals surface area contributed by atoms with Crippen LogP contribution in [-0.4, -0.2) is 36.9 Å². The molecule has 0 saturated heterocycles. The van der Waals surface area contributed by atoms with Crippen molar-refractivity contribution in [3.05, 3.63) is 12.2 Å². The molecule has 0 bridgehead atoms. The van der Waals surface area contributed by atoms with Crippen LogP contribution in [0, 0.1) is 0 Å². The number of rotatable bonds is 4. The minimum Gasteiger partial charge on any atom is -0.463 e. The second-order valence-electron chi connectivity index (χ2n) is 3.88. The molecule has 0 radical (unpaired) electrons. The molecule has 1 aliphatic heterocycles. The minimum absolute atomic E-state index is 0.0256. The van der Waals surface area contributed by atoms with Gasteiger partial charge in [-0.3, -0.25) is 9.59 Å². The third-order valence-corrected chi connectivity index (χ3v) is 2.39. The van der Waals surface area contributed by atoms with Crippen molar-refractivity contribution in [2.75, 3.05) is 6.61 Å². The summed E-state index contributed by atoms with van der Waals surface area (Å²) in [5.41, 5.74) is 0. The van der Waals surface area contributed by atoms with Crippen LogP contribution in [0.1, 0.15) is 27.2 Å². The van der Waals surface area contributed by atoms with Crippen LogP contribution in [0.4, 0.5) is 0 Å². The lowest BCUT2D eigenvalue weighted by Gasteiger charge is -2.31. The maximum Gasteiger partial charge on any atom is 0.303 e. The number of carbonyl (C=O) groups is 2. The molecule has 5 heteroatoms. The molecule has 1 aliphatic rings. The maximum absolute atomic E-state index is 10.9. The van der Waals surface area contributed by atoms with Gasteiger partial charge in [0.2, 0.25) is 0 Å². The zero-order valence-corrected chi connectivity index (χ0v) is 10.3. The van der Waals surface area contributed by atoms with Gasteiger partial charge in [-0.1, -0.05) is 13.0 Å². The van der Waals surface area contributed by atoms with Gasteiger partial charge in [0.1, 0.15) is 18.8 Å². The van der Waals surface area contributed by atoms with E-state index in [-0.39, 0.29) is 24.6 Å². The molecule has 0 saturated carbocycles. The summed E-state index contributed by atoms with van der Waals surface area (Å²) < 4.78 is 15.6. The predicted octanol–water partition coefficient (Wildman–Crippen LogP) is 1.21. The van der Waals surface area contributed by atoms with Crippen LogP contribution < -0.4 is 0 Å². The van der Waals surface area contributed by atoms with E-state index >= 15 is 0 Å². The quantitative estimate of drug-likeness (QED) is 0.548. The molecular formula is C12H18O5. The minimum atomic E-state index is -0.491. The summed E-state index contributed by atoms with van der Waals surface area (Å²) >= 11 is 0. The van der Waals surface area contributed by atoms with E-state index in [0.717, 1.165) is 6.42 Å². The second-order valence-corrected chi connectivity index (χ2v) is 3.88. The first-order valence-electron chi connectivity index (χ1n) is 5.67. The Morgan fingerprint density at radius 3 is 2.47 bits per heavy atom. The van der Waals surface area contributed by atoms with E-state index < -0.39 is 12.2 Å². The van der Waals surface area contributed by atoms with E-state index in [1.807, 2.05) is 13.0 Å². The standard InChI is InChI=1S/C12H18O5/c1-4-10-5-6-11(16-9(3)14)12(17-10)7-15-8(2)13/h5-6,10-12H,4,7H2,1-3H3/t10?,11-,12-/m1/s1. The van der Waals surface area contributed by atoms with E-state index in [1.54, 1.807) is 6.08 Å². The van der Waals surface area contributed by atoms with Gasteiger partial charge >= 0.3 is 11.9 Å². The van der Waals surface area contributed by atoms with Gasteiger partial charge in [0, 0.05) is 13.8 Å². The zero-order valence-electron chi connectivity index (χ0n) is 10.3. The predicted molar refractivity (Wildman–Crippen MR) is 60.3 cm³/mol. The van der Waals surface area contributed by atoms with Crippen molar-refractivity contribution in [3.8, 4) is 0 Å². The van der Waals surface area contributed by atoms with E-state index in [2.05, 4.69) is 0 Å². The molecular weight excluding hydrogens is 224 g/mol. The van der Waals surface area contributed by atoms with E-state index in [4.69, 9.17) is 14.2 Å². The number of hydrogen-bond acceptors (Lipinski definition) is 5. The molecule has 1 unspecified atom stereocenters. The van der Waals surface area contributed by atoms with Crippen molar-refractivity contribution in [2.24, 2.45) is 0 Å². The summed E-state index contributed by atoms with van der Waals surface area (Å²) in [5, 5.41) is 0. The Balaban J connectivity index is 2.62. The first-order chi connectivity index (χ1) is 8.02. The van der Waals surface area contributed by atoms with Gasteiger partial charge in [0.15, 0.2) is 0 Å². The van der Waals surface area contributed by atoms with Gasteiger partial charge in [0.25, 0.3) is 0 Å². The topological polar surface area (TPSA) is 61.8 Å². The van der Waals surface area contributed by atoms with Crippen molar-refractivity contribution in [1.29, 1.82) is 0 Å². The summed E-state index contributed by atoms with van der Waals surface area (Å²) in [4.78, 5) is 21.7. The van der Waals surface area contributed by atoms with Crippen molar-refractivity contribution < 1.29 is 23.8 Å². The van der Waals surface area contributed by atoms with Gasteiger partial charge in [-0.05, 0) is 12.5 Å². The third kappa shape index (κ3) is 4.56. The molecule has 3 atom stereocenters. The van der Waals surface area contributed by atoms with Crippen LogP contribution in [0.3, 0.4) is 0 Å². The Morgan fingerprint density at radius 2 is 1.94 bits per heavy atom. The Labute approximate surface area is 101 Å². The average molecular weight is 242 g/mol. The van der Waals surface area contributed by atoms with Gasteiger partial charge in [-0.15, -0.1) is 0 Å². The lowest BCUT2D eigenvalue weighted by atomic mass is 10.1. The molecule has 96 valence electrons. The van der Waals surface area contributed by atoms with Crippen LogP contribution in [0.15, 0.2) is 12.2 Å². The number of carbonyl (C=O) groups excluding carboxylic acids is 2. The number of hydrogen-bond donors (Lipinski definition) is 0. The van der Waals surface area contributed by atoms with Gasteiger partial charge in [-0.25, -0.2) is 0 Å². The third-order valence-electron chi connectivity index (χ3n) is 2.39. The highest BCUT2D eigenvalue weighted by Crippen LogP contribution is 2.18. The lowest BCUT2D eigenvalue weighted by molar-refractivity contribution is -0.163. The van der Waals surface area contributed by atoms with Crippen molar-refractivity contribution in [1.82, 2.24) is 0 Å². The molecule has 0 aromatic carbocycles. The summed E-state index contributed by atoms with van der Waals surface area (Å²) in [7, 11) is 0. The molecule has 0 amide bonds. The fourth-order valence-corrected chi connectivity index (χ4v) is 1.58. The molecule has 0 aromatic rings. The van der Waals surface area contributed by atoms with Crippen LogP contribution in [0.25, 0.3) is 0 Å². The summed E-state index contributed by atoms with van der Waals surface area (Å²) in [5.74, 6) is -0.760. The Morgan fingerprint density at radius 1 is 1.24 bits per heavy atom. The van der Waals surface area contributed by atoms with Gasteiger partial charge in [-0.2, -0.15) is 0 Å². The zero-order chi connectivity index (χ0) is 12.8.